The Bertz CT molecular complexity index is 1310. The van der Waals surface area contributed by atoms with Crippen molar-refractivity contribution in [1.29, 1.82) is 0 Å². The van der Waals surface area contributed by atoms with Crippen LogP contribution >= 0.6 is 31.9 Å². The Morgan fingerprint density at radius 3 is 2.06 bits per heavy atom. The van der Waals surface area contributed by atoms with E-state index >= 15 is 0 Å². The normalized spacial score (nSPS) is 16.3. The molecule has 10 heteroatoms. The van der Waals surface area contributed by atoms with Crippen molar-refractivity contribution < 1.29 is 8.78 Å². The van der Waals surface area contributed by atoms with Crippen LogP contribution in [-0.2, 0) is 13.1 Å². The second-order valence-corrected chi connectivity index (χ2v) is 11.3. The molecule has 2 heterocycles. The first-order chi connectivity index (χ1) is 15.7. The Kier molecular flexibility index (Phi) is 7.61. The van der Waals surface area contributed by atoms with E-state index in [-0.39, 0.29) is 13.1 Å². The summed E-state index contributed by atoms with van der Waals surface area (Å²) in [4.78, 5) is 28.7. The van der Waals surface area contributed by atoms with E-state index in [0.29, 0.717) is 37.1 Å². The van der Waals surface area contributed by atoms with Crippen LogP contribution in [0.2, 0.25) is 4.71 Å². The van der Waals surface area contributed by atoms with Gasteiger partial charge in [0, 0.05) is 0 Å². The summed E-state index contributed by atoms with van der Waals surface area (Å²) in [6, 6.07) is 9.89. The molecule has 3 aromatic rings. The molecule has 0 bridgehead atoms. The monoisotopic (exact) mass is 641 g/mol. The van der Waals surface area contributed by atoms with E-state index in [1.165, 1.54) is 34.9 Å². The number of nitrogens with zero attached hydrogens (tertiary/aromatic N) is 3. The topological polar surface area (TPSA) is 47.2 Å². The van der Waals surface area contributed by atoms with Crippen molar-refractivity contribution in [1.82, 2.24) is 9.13 Å². The number of aromatic nitrogens is 2. The molecular formula is C23H20AsBr2F2N3O2. The van der Waals surface area contributed by atoms with Gasteiger partial charge in [-0.1, -0.05) is 0 Å². The van der Waals surface area contributed by atoms with E-state index in [9.17, 15) is 18.4 Å². The van der Waals surface area contributed by atoms with Crippen LogP contribution in [-0.4, -0.2) is 39.1 Å². The van der Waals surface area contributed by atoms with Crippen LogP contribution in [0, 0.1) is 11.6 Å². The van der Waals surface area contributed by atoms with Crippen LogP contribution in [0.1, 0.15) is 24.0 Å². The number of hydrogen-bond donors (Lipinski definition) is 0. The first kappa shape index (κ1) is 24.4. The molecular weight excluding hydrogens is 623 g/mol. The Labute approximate surface area is 215 Å². The quantitative estimate of drug-likeness (QED) is 0.386. The number of halogens is 4. The van der Waals surface area contributed by atoms with Gasteiger partial charge in [0.15, 0.2) is 0 Å². The van der Waals surface area contributed by atoms with Gasteiger partial charge < -0.3 is 0 Å². The summed E-state index contributed by atoms with van der Waals surface area (Å²) in [5, 5.41) is 0. The number of hydrogen-bond acceptors (Lipinski definition) is 3. The molecule has 5 nitrogen and oxygen atoms in total. The summed E-state index contributed by atoms with van der Waals surface area (Å²) >= 11 is 9.43. The van der Waals surface area contributed by atoms with Crippen molar-refractivity contribution in [3.05, 3.63) is 95.0 Å². The maximum absolute atomic E-state index is 14.0. The van der Waals surface area contributed by atoms with Gasteiger partial charge in [-0.15, -0.1) is 0 Å². The number of piperidine rings is 1. The van der Waals surface area contributed by atoms with Gasteiger partial charge in [-0.05, 0) is 0 Å². The van der Waals surface area contributed by atoms with Crippen molar-refractivity contribution in [2.24, 2.45) is 0 Å². The number of anilines is 1. The Hall–Kier alpha value is -1.70. The number of rotatable bonds is 5. The second kappa shape index (κ2) is 10.3. The molecule has 1 aliphatic heterocycles. The molecule has 2 radical (unpaired) electrons. The van der Waals surface area contributed by atoms with Crippen LogP contribution < -0.4 is 16.1 Å². The summed E-state index contributed by atoms with van der Waals surface area (Å²) in [6.45, 7) is 1.41. The van der Waals surface area contributed by atoms with E-state index in [1.54, 1.807) is 12.1 Å². The average Bonchev–Trinajstić information content (AvgIpc) is 2.77. The van der Waals surface area contributed by atoms with E-state index in [0.717, 1.165) is 24.0 Å². The summed E-state index contributed by atoms with van der Waals surface area (Å²) in [5.41, 5.74) is 0.0617. The summed E-state index contributed by atoms with van der Waals surface area (Å²) in [5.74, 6) is -0.363. The number of benzene rings is 2. The summed E-state index contributed by atoms with van der Waals surface area (Å²) < 4.78 is 32.0. The van der Waals surface area contributed by atoms with Crippen molar-refractivity contribution >= 4 is 54.5 Å². The molecule has 0 aliphatic carbocycles. The van der Waals surface area contributed by atoms with Gasteiger partial charge in [0.05, 0.1) is 0 Å². The minimum absolute atomic E-state index is 0.0802. The second-order valence-electron chi connectivity index (χ2n) is 8.01. The third-order valence-corrected chi connectivity index (χ3v) is 8.08. The fourth-order valence-electron chi connectivity index (χ4n) is 3.99. The predicted molar refractivity (Wildman–Crippen MR) is 132 cm³/mol. The van der Waals surface area contributed by atoms with Gasteiger partial charge in [0.1, 0.15) is 0 Å². The molecule has 1 aromatic heterocycles. The fraction of sp³-hybridized carbons (Fsp3) is 0.304. The molecule has 0 saturated carbocycles. The molecule has 2 aromatic carbocycles. The zero-order valence-electron chi connectivity index (χ0n) is 17.5. The van der Waals surface area contributed by atoms with Crippen LogP contribution in [0.4, 0.5) is 14.6 Å². The maximum atomic E-state index is 14.0. The SMILES string of the molecule is O=c1cc(N2CCCC([As])C2)n(Cc2cc(F)ccc2Br)c(=O)n1Cc1cc(F)ccc1Br. The van der Waals surface area contributed by atoms with E-state index < -0.39 is 22.9 Å². The molecule has 1 saturated heterocycles. The van der Waals surface area contributed by atoms with Gasteiger partial charge in [-0.2, -0.15) is 0 Å². The summed E-state index contributed by atoms with van der Waals surface area (Å²) in [7, 11) is 0. The van der Waals surface area contributed by atoms with Crippen molar-refractivity contribution in [3.63, 3.8) is 0 Å². The third-order valence-electron chi connectivity index (χ3n) is 5.65. The van der Waals surface area contributed by atoms with Crippen molar-refractivity contribution in [2.45, 2.75) is 30.6 Å². The molecule has 0 N–H and O–H groups in total. The van der Waals surface area contributed by atoms with Crippen LogP contribution in [0.3, 0.4) is 0 Å². The Morgan fingerprint density at radius 2 is 1.48 bits per heavy atom. The molecule has 1 aliphatic rings. The Balaban J connectivity index is 1.85. The average molecular weight is 643 g/mol. The molecule has 0 spiro atoms. The van der Waals surface area contributed by atoms with E-state index in [4.69, 9.17) is 0 Å². The molecule has 1 unspecified atom stereocenters. The van der Waals surface area contributed by atoms with Crippen LogP contribution in [0.15, 0.2) is 61.0 Å². The third kappa shape index (κ3) is 5.52. The van der Waals surface area contributed by atoms with Gasteiger partial charge in [0.2, 0.25) is 0 Å². The Morgan fingerprint density at radius 1 is 0.909 bits per heavy atom. The minimum atomic E-state index is -0.530. The van der Waals surface area contributed by atoms with Gasteiger partial charge >= 0.3 is 216 Å². The standard InChI is InChI=1S/C23H20AsBr2F2N3O2/c24-16-2-1-7-29(13-16)21-10-22(32)31(12-15-9-18(28)4-6-20(15)26)23(33)30(21)11-14-8-17(27)3-5-19(14)25/h3-6,8-10,16H,1-2,7,11-13H2. The molecule has 1 atom stereocenters. The molecule has 4 rings (SSSR count). The van der Waals surface area contributed by atoms with Gasteiger partial charge in [0.25, 0.3) is 0 Å². The first-order valence-electron chi connectivity index (χ1n) is 10.4. The first-order valence-corrected chi connectivity index (χ1v) is 13.1. The zero-order chi connectivity index (χ0) is 23.7. The van der Waals surface area contributed by atoms with E-state index in [2.05, 4.69) is 48.7 Å². The van der Waals surface area contributed by atoms with Crippen LogP contribution in [0.25, 0.3) is 0 Å². The van der Waals surface area contributed by atoms with E-state index in [1.807, 2.05) is 4.90 Å². The van der Waals surface area contributed by atoms with Crippen molar-refractivity contribution in [3.8, 4) is 0 Å². The molecule has 33 heavy (non-hydrogen) atoms. The van der Waals surface area contributed by atoms with Crippen LogP contribution in [0.5, 0.6) is 0 Å². The fourth-order valence-corrected chi connectivity index (χ4v) is 5.53. The summed E-state index contributed by atoms with van der Waals surface area (Å²) in [6.07, 6.45) is 2.00. The molecule has 172 valence electrons. The van der Waals surface area contributed by atoms with Gasteiger partial charge in [-0.3, -0.25) is 0 Å². The van der Waals surface area contributed by atoms with Crippen molar-refractivity contribution in [2.75, 3.05) is 18.0 Å². The van der Waals surface area contributed by atoms with Gasteiger partial charge in [-0.25, -0.2) is 0 Å². The molecule has 0 amide bonds. The molecule has 1 fully saturated rings. The predicted octanol–water partition coefficient (Wildman–Crippen LogP) is 4.47. The zero-order valence-corrected chi connectivity index (χ0v) is 22.5.